The Morgan fingerprint density at radius 2 is 2.05 bits per heavy atom. The summed E-state index contributed by atoms with van der Waals surface area (Å²) in [5.74, 6) is 0.327. The van der Waals surface area contributed by atoms with Crippen LogP contribution in [-0.2, 0) is 4.79 Å². The van der Waals surface area contributed by atoms with E-state index in [-0.39, 0.29) is 11.8 Å². The molecule has 0 spiro atoms. The number of carbonyl (C=O) groups is 1. The summed E-state index contributed by atoms with van der Waals surface area (Å²) in [5, 5.41) is 11.6. The van der Waals surface area contributed by atoms with Crippen molar-refractivity contribution in [1.82, 2.24) is 9.88 Å². The molecular weight excluding hydrogens is 276 g/mol. The number of rotatable bonds is 3. The van der Waals surface area contributed by atoms with Crippen LogP contribution in [0.5, 0.6) is 0 Å². The predicted molar refractivity (Wildman–Crippen MR) is 83.6 cm³/mol. The van der Waals surface area contributed by atoms with E-state index in [9.17, 15) is 4.79 Å². The molecule has 0 unspecified atom stereocenters. The lowest BCUT2D eigenvalue weighted by molar-refractivity contribution is -0.119. The smallest absolute Gasteiger partial charge is 0.230 e. The minimum absolute atomic E-state index is 0.0716. The third-order valence-electron chi connectivity index (χ3n) is 3.82. The van der Waals surface area contributed by atoms with Gasteiger partial charge in [-0.2, -0.15) is 5.26 Å². The van der Waals surface area contributed by atoms with Crippen molar-refractivity contribution in [3.63, 3.8) is 0 Å². The lowest BCUT2D eigenvalue weighted by atomic mass is 10.1. The van der Waals surface area contributed by atoms with Crippen LogP contribution in [0.3, 0.4) is 0 Å². The Bertz CT molecular complexity index is 691. The molecule has 0 saturated carbocycles. The van der Waals surface area contributed by atoms with E-state index in [1.165, 1.54) is 0 Å². The molecule has 1 saturated heterocycles. The molecule has 1 aliphatic heterocycles. The quantitative estimate of drug-likeness (QED) is 0.882. The molecule has 1 aliphatic rings. The van der Waals surface area contributed by atoms with E-state index in [2.05, 4.69) is 16.5 Å². The van der Waals surface area contributed by atoms with Crippen molar-refractivity contribution < 1.29 is 4.79 Å². The fourth-order valence-electron chi connectivity index (χ4n) is 2.56. The number of anilines is 1. The maximum atomic E-state index is 12.1. The summed E-state index contributed by atoms with van der Waals surface area (Å²) in [6.07, 6.45) is 4.54. The van der Waals surface area contributed by atoms with Crippen LogP contribution >= 0.6 is 0 Å². The predicted octanol–water partition coefficient (Wildman–Crippen LogP) is 2.49. The Morgan fingerprint density at radius 3 is 2.68 bits per heavy atom. The molecule has 3 rings (SSSR count). The van der Waals surface area contributed by atoms with Gasteiger partial charge in [-0.3, -0.25) is 4.79 Å². The number of benzene rings is 1. The molecule has 2 heterocycles. The van der Waals surface area contributed by atoms with E-state index in [0.29, 0.717) is 25.3 Å². The molecule has 0 radical (unpaired) electrons. The Hall–Kier alpha value is -2.87. The molecule has 5 nitrogen and oxygen atoms in total. The van der Waals surface area contributed by atoms with Gasteiger partial charge in [0.2, 0.25) is 5.91 Å². The fraction of sp³-hybridized carbons (Fsp3) is 0.235. The summed E-state index contributed by atoms with van der Waals surface area (Å²) in [6.45, 7) is 1.14. The molecule has 1 amide bonds. The van der Waals surface area contributed by atoms with E-state index >= 15 is 0 Å². The van der Waals surface area contributed by atoms with Gasteiger partial charge in [-0.1, -0.05) is 30.3 Å². The second kappa shape index (κ2) is 6.27. The number of amides is 1. The first-order valence-electron chi connectivity index (χ1n) is 7.23. The Balaban J connectivity index is 1.64. The van der Waals surface area contributed by atoms with Crippen LogP contribution in [-0.4, -0.2) is 28.9 Å². The highest BCUT2D eigenvalue weighted by atomic mass is 16.2. The second-order valence-electron chi connectivity index (χ2n) is 5.32. The van der Waals surface area contributed by atoms with Gasteiger partial charge in [-0.25, -0.2) is 4.98 Å². The summed E-state index contributed by atoms with van der Waals surface area (Å²) in [4.78, 5) is 18.0. The number of hydrogen-bond acceptors (Lipinski definition) is 4. The largest absolute Gasteiger partial charge is 0.310 e. The van der Waals surface area contributed by atoms with Crippen LogP contribution in [0, 0.1) is 17.4 Å². The molecule has 110 valence electrons. The standard InChI is InChI=1S/C17H16N4O/c18-12-21-9-8-15(11-21)17(22)20-16-7-6-14(10-19-16)13-4-2-1-3-5-13/h1-7,10,15H,8-9,11H2,(H,19,20,22)/t15-/m0/s1. The van der Waals surface area contributed by atoms with Crippen LogP contribution < -0.4 is 5.32 Å². The Kier molecular flexibility index (Phi) is 4.01. The van der Waals surface area contributed by atoms with E-state index in [0.717, 1.165) is 11.1 Å². The first-order chi connectivity index (χ1) is 10.8. The molecule has 1 aromatic carbocycles. The molecule has 5 heteroatoms. The molecule has 0 aliphatic carbocycles. The van der Waals surface area contributed by atoms with Crippen molar-refractivity contribution in [3.05, 3.63) is 48.7 Å². The van der Waals surface area contributed by atoms with Crippen molar-refractivity contribution in [3.8, 4) is 17.3 Å². The minimum atomic E-state index is -0.143. The third kappa shape index (κ3) is 3.07. The molecule has 1 fully saturated rings. The Morgan fingerprint density at radius 1 is 1.23 bits per heavy atom. The van der Waals surface area contributed by atoms with Crippen molar-refractivity contribution in [2.45, 2.75) is 6.42 Å². The maximum Gasteiger partial charge on any atom is 0.230 e. The van der Waals surface area contributed by atoms with Gasteiger partial charge in [0.15, 0.2) is 6.19 Å². The summed E-state index contributed by atoms with van der Waals surface area (Å²) >= 11 is 0. The number of nitriles is 1. The normalized spacial score (nSPS) is 17.0. The second-order valence-corrected chi connectivity index (χ2v) is 5.32. The van der Waals surface area contributed by atoms with Crippen molar-refractivity contribution in [2.75, 3.05) is 18.4 Å². The molecule has 0 bridgehead atoms. The molecule has 1 N–H and O–H groups in total. The van der Waals surface area contributed by atoms with Crippen molar-refractivity contribution in [2.24, 2.45) is 5.92 Å². The first kappa shape index (κ1) is 14.1. The van der Waals surface area contributed by atoms with E-state index in [1.54, 1.807) is 17.2 Å². The first-order valence-corrected chi connectivity index (χ1v) is 7.23. The topological polar surface area (TPSA) is 69.0 Å². The lowest BCUT2D eigenvalue weighted by Crippen LogP contribution is -2.25. The lowest BCUT2D eigenvalue weighted by Gasteiger charge is -2.10. The number of hydrogen-bond donors (Lipinski definition) is 1. The number of nitrogens with one attached hydrogen (secondary N) is 1. The van der Waals surface area contributed by atoms with Crippen LogP contribution in [0.15, 0.2) is 48.7 Å². The number of carbonyl (C=O) groups excluding carboxylic acids is 1. The van der Waals surface area contributed by atoms with Gasteiger partial charge < -0.3 is 10.2 Å². The highest BCUT2D eigenvalue weighted by Crippen LogP contribution is 2.20. The van der Waals surface area contributed by atoms with Crippen molar-refractivity contribution in [1.29, 1.82) is 5.26 Å². The average Bonchev–Trinajstić information content (AvgIpc) is 3.06. The number of pyridine rings is 1. The summed E-state index contributed by atoms with van der Waals surface area (Å²) in [7, 11) is 0. The zero-order chi connectivity index (χ0) is 15.4. The highest BCUT2D eigenvalue weighted by Gasteiger charge is 2.27. The van der Waals surface area contributed by atoms with Gasteiger partial charge in [0.25, 0.3) is 0 Å². The zero-order valence-electron chi connectivity index (χ0n) is 12.1. The van der Waals surface area contributed by atoms with Crippen LogP contribution in [0.2, 0.25) is 0 Å². The molecule has 22 heavy (non-hydrogen) atoms. The molecule has 2 aromatic rings. The SMILES string of the molecule is N#CN1CC[C@H](C(=O)Nc2ccc(-c3ccccc3)cn2)C1. The van der Waals surface area contributed by atoms with Gasteiger partial charge >= 0.3 is 0 Å². The zero-order valence-corrected chi connectivity index (χ0v) is 12.1. The van der Waals surface area contributed by atoms with Gasteiger partial charge in [0, 0.05) is 24.8 Å². The number of aromatic nitrogens is 1. The molecule has 1 aromatic heterocycles. The summed E-state index contributed by atoms with van der Waals surface area (Å²) in [6, 6.07) is 13.7. The monoisotopic (exact) mass is 292 g/mol. The average molecular weight is 292 g/mol. The summed E-state index contributed by atoms with van der Waals surface area (Å²) < 4.78 is 0. The van der Waals surface area contributed by atoms with Crippen molar-refractivity contribution >= 4 is 11.7 Å². The maximum absolute atomic E-state index is 12.1. The van der Waals surface area contributed by atoms with E-state index in [4.69, 9.17) is 5.26 Å². The van der Waals surface area contributed by atoms with Crippen LogP contribution in [0.25, 0.3) is 11.1 Å². The van der Waals surface area contributed by atoms with Crippen LogP contribution in [0.1, 0.15) is 6.42 Å². The third-order valence-corrected chi connectivity index (χ3v) is 3.82. The molecule has 1 atom stereocenters. The van der Waals surface area contributed by atoms with Gasteiger partial charge in [-0.05, 0) is 24.1 Å². The van der Waals surface area contributed by atoms with Gasteiger partial charge in [0.1, 0.15) is 5.82 Å². The highest BCUT2D eigenvalue weighted by molar-refractivity contribution is 5.92. The van der Waals surface area contributed by atoms with Gasteiger partial charge in [-0.15, -0.1) is 0 Å². The Labute approximate surface area is 129 Å². The summed E-state index contributed by atoms with van der Waals surface area (Å²) in [5.41, 5.74) is 2.10. The van der Waals surface area contributed by atoms with Crippen LogP contribution in [0.4, 0.5) is 5.82 Å². The number of nitrogens with zero attached hydrogens (tertiary/aromatic N) is 3. The van der Waals surface area contributed by atoms with Gasteiger partial charge in [0.05, 0.1) is 5.92 Å². The molecular formula is C17H16N4O. The minimum Gasteiger partial charge on any atom is -0.310 e. The fourth-order valence-corrected chi connectivity index (χ4v) is 2.56. The van der Waals surface area contributed by atoms with E-state index < -0.39 is 0 Å². The number of likely N-dealkylation sites (tertiary alicyclic amines) is 1. The van der Waals surface area contributed by atoms with E-state index in [1.807, 2.05) is 36.4 Å².